The highest BCUT2D eigenvalue weighted by molar-refractivity contribution is 5.76. The van der Waals surface area contributed by atoms with Gasteiger partial charge in [0.25, 0.3) is 0 Å². The van der Waals surface area contributed by atoms with Crippen molar-refractivity contribution in [2.45, 2.75) is 0 Å². The first-order chi connectivity index (χ1) is 8.45. The molecule has 17 heavy (non-hydrogen) atoms. The number of nitrogens with zero attached hydrogens (tertiary/aromatic N) is 4. The van der Waals surface area contributed by atoms with Crippen molar-refractivity contribution in [2.75, 3.05) is 0 Å². The van der Waals surface area contributed by atoms with Gasteiger partial charge < -0.3 is 0 Å². The molecule has 5 heteroatoms. The fourth-order valence-corrected chi connectivity index (χ4v) is 1.65. The van der Waals surface area contributed by atoms with Crippen molar-refractivity contribution < 1.29 is 0 Å². The van der Waals surface area contributed by atoms with E-state index in [1.807, 2.05) is 24.3 Å². The van der Waals surface area contributed by atoms with Gasteiger partial charge in [-0.15, -0.1) is 0 Å². The first-order valence-corrected chi connectivity index (χ1v) is 5.17. The Morgan fingerprint density at radius 1 is 0.647 bits per heavy atom. The molecule has 0 bridgehead atoms. The zero-order valence-electron chi connectivity index (χ0n) is 8.91. The van der Waals surface area contributed by atoms with Crippen molar-refractivity contribution in [1.82, 2.24) is 25.4 Å². The van der Waals surface area contributed by atoms with Gasteiger partial charge in [0.05, 0.1) is 0 Å². The molecule has 0 aliphatic carbocycles. The van der Waals surface area contributed by atoms with Crippen molar-refractivity contribution >= 4 is 0 Å². The van der Waals surface area contributed by atoms with Crippen LogP contribution < -0.4 is 0 Å². The molecule has 3 rings (SSSR count). The molecule has 0 saturated carbocycles. The first-order valence-electron chi connectivity index (χ1n) is 5.17. The largest absolute Gasteiger partial charge is 0.265 e. The Labute approximate surface area is 97.6 Å². The van der Waals surface area contributed by atoms with Gasteiger partial charge in [-0.1, -0.05) is 0 Å². The van der Waals surface area contributed by atoms with E-state index in [1.165, 1.54) is 0 Å². The lowest BCUT2D eigenvalue weighted by Gasteiger charge is -1.99. The molecule has 0 amide bonds. The van der Waals surface area contributed by atoms with E-state index in [0.717, 1.165) is 22.5 Å². The summed E-state index contributed by atoms with van der Waals surface area (Å²) in [5.74, 6) is 0. The van der Waals surface area contributed by atoms with Crippen molar-refractivity contribution in [3.05, 3.63) is 49.1 Å². The molecular weight excluding hydrogens is 214 g/mol. The molecule has 3 heterocycles. The fraction of sp³-hybridized carbons (Fsp3) is 0. The quantitative estimate of drug-likeness (QED) is 0.720. The lowest BCUT2D eigenvalue weighted by molar-refractivity contribution is 0.944. The van der Waals surface area contributed by atoms with Gasteiger partial charge in [-0.25, -0.2) is 0 Å². The minimum Gasteiger partial charge on any atom is -0.265 e. The van der Waals surface area contributed by atoms with E-state index in [9.17, 15) is 0 Å². The molecule has 82 valence electrons. The topological polar surface area (TPSA) is 67.3 Å². The number of H-pyrrole nitrogens is 1. The van der Waals surface area contributed by atoms with E-state index in [2.05, 4.69) is 25.4 Å². The van der Waals surface area contributed by atoms with E-state index in [-0.39, 0.29) is 0 Å². The standard InChI is InChI=1S/C12H9N5/c1-5-13-6-2-9(1)11-12(16-17-15-11)10-3-7-14-8-4-10/h1-8H,(H,15,16,17). The minimum absolute atomic E-state index is 0.818. The maximum atomic E-state index is 4.18. The van der Waals surface area contributed by atoms with Crippen LogP contribution in [0.4, 0.5) is 0 Å². The third-order valence-corrected chi connectivity index (χ3v) is 2.46. The third-order valence-electron chi connectivity index (χ3n) is 2.46. The van der Waals surface area contributed by atoms with Crippen molar-refractivity contribution in [1.29, 1.82) is 0 Å². The molecule has 0 aromatic carbocycles. The normalized spacial score (nSPS) is 10.4. The second-order valence-electron chi connectivity index (χ2n) is 3.49. The summed E-state index contributed by atoms with van der Waals surface area (Å²) >= 11 is 0. The predicted octanol–water partition coefficient (Wildman–Crippen LogP) is 1.93. The monoisotopic (exact) mass is 223 g/mol. The Bertz CT molecular complexity index is 549. The highest BCUT2D eigenvalue weighted by Crippen LogP contribution is 2.26. The molecule has 3 aromatic rings. The van der Waals surface area contributed by atoms with E-state index < -0.39 is 0 Å². The summed E-state index contributed by atoms with van der Waals surface area (Å²) in [5.41, 5.74) is 3.61. The van der Waals surface area contributed by atoms with Gasteiger partial charge in [0, 0.05) is 35.9 Å². The molecule has 3 aromatic heterocycles. The number of aromatic amines is 1. The van der Waals surface area contributed by atoms with Crippen LogP contribution in [0, 0.1) is 0 Å². The average molecular weight is 223 g/mol. The summed E-state index contributed by atoms with van der Waals surface area (Å²) < 4.78 is 0. The molecule has 1 N–H and O–H groups in total. The first kappa shape index (κ1) is 9.65. The third kappa shape index (κ3) is 1.78. The number of pyridine rings is 2. The summed E-state index contributed by atoms with van der Waals surface area (Å²) in [5, 5.41) is 11.0. The molecule has 0 spiro atoms. The molecule has 0 atom stereocenters. The van der Waals surface area contributed by atoms with Crippen LogP contribution in [0.2, 0.25) is 0 Å². The van der Waals surface area contributed by atoms with E-state index in [1.54, 1.807) is 24.8 Å². The zero-order chi connectivity index (χ0) is 11.5. The van der Waals surface area contributed by atoms with Gasteiger partial charge in [0.15, 0.2) is 0 Å². The van der Waals surface area contributed by atoms with Gasteiger partial charge >= 0.3 is 0 Å². The van der Waals surface area contributed by atoms with Crippen LogP contribution in [-0.4, -0.2) is 25.4 Å². The van der Waals surface area contributed by atoms with Crippen LogP contribution >= 0.6 is 0 Å². The number of nitrogens with one attached hydrogen (secondary N) is 1. The summed E-state index contributed by atoms with van der Waals surface area (Å²) in [6.07, 6.45) is 6.95. The van der Waals surface area contributed by atoms with Crippen LogP contribution in [0.3, 0.4) is 0 Å². The Balaban J connectivity index is 2.13. The molecule has 5 nitrogen and oxygen atoms in total. The number of rotatable bonds is 2. The molecule has 0 radical (unpaired) electrons. The molecular formula is C12H9N5. The molecule has 0 aliphatic heterocycles. The van der Waals surface area contributed by atoms with E-state index in [4.69, 9.17) is 0 Å². The molecule has 0 saturated heterocycles. The molecule has 0 unspecified atom stereocenters. The highest BCUT2D eigenvalue weighted by Gasteiger charge is 2.11. The summed E-state index contributed by atoms with van der Waals surface area (Å²) in [6, 6.07) is 7.62. The van der Waals surface area contributed by atoms with Crippen molar-refractivity contribution in [3.8, 4) is 22.5 Å². The van der Waals surface area contributed by atoms with Crippen molar-refractivity contribution in [2.24, 2.45) is 0 Å². The maximum absolute atomic E-state index is 4.18. The fourth-order valence-electron chi connectivity index (χ4n) is 1.65. The van der Waals surface area contributed by atoms with Gasteiger partial charge in [-0.3, -0.25) is 9.97 Å². The molecule has 0 aliphatic rings. The zero-order valence-corrected chi connectivity index (χ0v) is 8.91. The summed E-state index contributed by atoms with van der Waals surface area (Å²) in [7, 11) is 0. The Morgan fingerprint density at radius 3 is 1.47 bits per heavy atom. The number of hydrogen-bond donors (Lipinski definition) is 1. The van der Waals surface area contributed by atoms with Crippen LogP contribution in [0.1, 0.15) is 0 Å². The lowest BCUT2D eigenvalue weighted by atomic mass is 10.1. The van der Waals surface area contributed by atoms with Crippen LogP contribution in [0.5, 0.6) is 0 Å². The summed E-state index contributed by atoms with van der Waals surface area (Å²) in [6.45, 7) is 0. The maximum Gasteiger partial charge on any atom is 0.120 e. The van der Waals surface area contributed by atoms with Crippen LogP contribution in [-0.2, 0) is 0 Å². The van der Waals surface area contributed by atoms with E-state index in [0.29, 0.717) is 0 Å². The van der Waals surface area contributed by atoms with E-state index >= 15 is 0 Å². The Kier molecular flexibility index (Phi) is 2.34. The van der Waals surface area contributed by atoms with Gasteiger partial charge in [0.2, 0.25) is 0 Å². The van der Waals surface area contributed by atoms with Gasteiger partial charge in [-0.2, -0.15) is 15.4 Å². The van der Waals surface area contributed by atoms with Crippen molar-refractivity contribution in [3.63, 3.8) is 0 Å². The molecule has 0 fully saturated rings. The number of aromatic nitrogens is 5. The highest BCUT2D eigenvalue weighted by atomic mass is 15.3. The Hall–Kier alpha value is -2.56. The van der Waals surface area contributed by atoms with Gasteiger partial charge in [-0.05, 0) is 24.3 Å². The van der Waals surface area contributed by atoms with Crippen LogP contribution in [0.15, 0.2) is 49.1 Å². The lowest BCUT2D eigenvalue weighted by Crippen LogP contribution is -1.84. The van der Waals surface area contributed by atoms with Crippen LogP contribution in [0.25, 0.3) is 22.5 Å². The number of hydrogen-bond acceptors (Lipinski definition) is 4. The second kappa shape index (κ2) is 4.13. The summed E-state index contributed by atoms with van der Waals surface area (Å²) in [4.78, 5) is 7.98. The Morgan fingerprint density at radius 2 is 1.06 bits per heavy atom. The smallest absolute Gasteiger partial charge is 0.120 e. The SMILES string of the molecule is c1cc(-c2n[nH]nc2-c2ccncc2)ccn1. The predicted molar refractivity (Wildman–Crippen MR) is 62.8 cm³/mol. The van der Waals surface area contributed by atoms with Gasteiger partial charge in [0.1, 0.15) is 11.4 Å². The minimum atomic E-state index is 0.818. The second-order valence-corrected chi connectivity index (χ2v) is 3.49. The average Bonchev–Trinajstić information content (AvgIpc) is 2.90.